The molecule has 1 aliphatic rings. The molecule has 2 heterocycles. The van der Waals surface area contributed by atoms with E-state index in [0.29, 0.717) is 43.3 Å². The molecule has 1 saturated heterocycles. The summed E-state index contributed by atoms with van der Waals surface area (Å²) in [5.74, 6) is 0.248. The average Bonchev–Trinajstić information content (AvgIpc) is 3.15. The maximum absolute atomic E-state index is 12.4. The molecule has 0 radical (unpaired) electrons. The lowest BCUT2D eigenvalue weighted by Crippen LogP contribution is -2.48. The lowest BCUT2D eigenvalue weighted by Gasteiger charge is -2.35. The number of nitro groups is 1. The Kier molecular flexibility index (Phi) is 4.76. The maximum atomic E-state index is 12.4. The topological polar surface area (TPSA) is 92.7 Å². The first-order valence-corrected chi connectivity index (χ1v) is 8.93. The first-order chi connectivity index (χ1) is 13.6. The van der Waals surface area contributed by atoms with Gasteiger partial charge in [0.05, 0.1) is 4.92 Å². The van der Waals surface area contributed by atoms with Crippen LogP contribution in [0.15, 0.2) is 59.0 Å². The SMILES string of the molecule is O=C(/C=C/c1nc2ccccc2o1)N1CCN(c2ccccc2[N+](=O)[O-])CC1. The Labute approximate surface area is 160 Å². The van der Waals surface area contributed by atoms with Gasteiger partial charge in [-0.25, -0.2) is 4.98 Å². The zero-order valence-corrected chi connectivity index (χ0v) is 15.0. The molecule has 8 heteroatoms. The van der Waals surface area contributed by atoms with Gasteiger partial charge in [0.25, 0.3) is 5.69 Å². The van der Waals surface area contributed by atoms with Gasteiger partial charge in [0, 0.05) is 44.4 Å². The number of hydrogen-bond donors (Lipinski definition) is 0. The molecule has 0 atom stereocenters. The summed E-state index contributed by atoms with van der Waals surface area (Å²) < 4.78 is 5.58. The van der Waals surface area contributed by atoms with Gasteiger partial charge in [-0.15, -0.1) is 0 Å². The van der Waals surface area contributed by atoms with Crippen molar-refractivity contribution in [3.63, 3.8) is 0 Å². The summed E-state index contributed by atoms with van der Waals surface area (Å²) in [5, 5.41) is 11.2. The van der Waals surface area contributed by atoms with Crippen LogP contribution in [0.5, 0.6) is 0 Å². The third-order valence-corrected chi connectivity index (χ3v) is 4.69. The number of carbonyl (C=O) groups excluding carboxylic acids is 1. The molecule has 1 amide bonds. The Hall–Kier alpha value is -3.68. The van der Waals surface area contributed by atoms with Gasteiger partial charge in [-0.2, -0.15) is 0 Å². The van der Waals surface area contributed by atoms with Gasteiger partial charge in [-0.1, -0.05) is 24.3 Å². The standard InChI is InChI=1S/C20H18N4O4/c25-20(10-9-19-21-15-5-1-4-8-18(15)28-19)23-13-11-22(12-14-23)16-6-2-3-7-17(16)24(26)27/h1-10H,11-14H2/b10-9+. The van der Waals surface area contributed by atoms with Crippen molar-refractivity contribution in [2.45, 2.75) is 0 Å². The van der Waals surface area contributed by atoms with E-state index in [1.807, 2.05) is 29.2 Å². The molecule has 2 aromatic carbocycles. The minimum atomic E-state index is -0.379. The minimum absolute atomic E-state index is 0.0816. The van der Waals surface area contributed by atoms with Crippen molar-refractivity contribution in [3.05, 3.63) is 70.6 Å². The van der Waals surface area contributed by atoms with Crippen molar-refractivity contribution in [3.8, 4) is 0 Å². The van der Waals surface area contributed by atoms with Crippen LogP contribution in [-0.4, -0.2) is 46.9 Å². The zero-order chi connectivity index (χ0) is 19.5. The fourth-order valence-electron chi connectivity index (χ4n) is 3.26. The molecule has 4 rings (SSSR count). The number of nitrogens with zero attached hydrogens (tertiary/aromatic N) is 4. The van der Waals surface area contributed by atoms with Crippen molar-refractivity contribution in [2.75, 3.05) is 31.1 Å². The average molecular weight is 378 g/mol. The van der Waals surface area contributed by atoms with Crippen molar-refractivity contribution in [2.24, 2.45) is 0 Å². The molecule has 0 saturated carbocycles. The molecular formula is C20H18N4O4. The highest BCUT2D eigenvalue weighted by Crippen LogP contribution is 2.28. The lowest BCUT2D eigenvalue weighted by atomic mass is 10.2. The number of oxazole rings is 1. The molecule has 142 valence electrons. The van der Waals surface area contributed by atoms with Gasteiger partial charge in [0.15, 0.2) is 5.58 Å². The third-order valence-electron chi connectivity index (χ3n) is 4.69. The number of hydrogen-bond acceptors (Lipinski definition) is 6. The fraction of sp³-hybridized carbons (Fsp3) is 0.200. The molecule has 0 spiro atoms. The smallest absolute Gasteiger partial charge is 0.292 e. The molecular weight excluding hydrogens is 360 g/mol. The quantitative estimate of drug-likeness (QED) is 0.393. The van der Waals surface area contributed by atoms with Gasteiger partial charge in [-0.3, -0.25) is 14.9 Å². The van der Waals surface area contributed by atoms with E-state index in [9.17, 15) is 14.9 Å². The number of amides is 1. The molecule has 0 N–H and O–H groups in total. The predicted molar refractivity (Wildman–Crippen MR) is 105 cm³/mol. The van der Waals surface area contributed by atoms with Crippen LogP contribution in [0.3, 0.4) is 0 Å². The number of piperazine rings is 1. The van der Waals surface area contributed by atoms with Crippen molar-refractivity contribution >= 4 is 34.5 Å². The van der Waals surface area contributed by atoms with Crippen LogP contribution in [0.4, 0.5) is 11.4 Å². The summed E-state index contributed by atoms with van der Waals surface area (Å²) in [4.78, 5) is 31.2. The number of carbonyl (C=O) groups is 1. The maximum Gasteiger partial charge on any atom is 0.292 e. The molecule has 1 aromatic heterocycles. The number of aromatic nitrogens is 1. The molecule has 0 bridgehead atoms. The third kappa shape index (κ3) is 3.57. The van der Waals surface area contributed by atoms with Crippen LogP contribution in [-0.2, 0) is 4.79 Å². The Morgan fingerprint density at radius 2 is 1.79 bits per heavy atom. The van der Waals surface area contributed by atoms with E-state index in [1.165, 1.54) is 12.1 Å². The van der Waals surface area contributed by atoms with Gasteiger partial charge in [0.2, 0.25) is 11.8 Å². The summed E-state index contributed by atoms with van der Waals surface area (Å²) in [5.41, 5.74) is 2.08. The minimum Gasteiger partial charge on any atom is -0.437 e. The largest absolute Gasteiger partial charge is 0.437 e. The first kappa shape index (κ1) is 17.7. The number of benzene rings is 2. The van der Waals surface area contributed by atoms with Gasteiger partial charge < -0.3 is 14.2 Å². The molecule has 8 nitrogen and oxygen atoms in total. The van der Waals surface area contributed by atoms with Crippen LogP contribution >= 0.6 is 0 Å². The normalized spacial score (nSPS) is 14.7. The van der Waals surface area contributed by atoms with Crippen molar-refractivity contribution < 1.29 is 14.1 Å². The lowest BCUT2D eigenvalue weighted by molar-refractivity contribution is -0.384. The van der Waals surface area contributed by atoms with E-state index < -0.39 is 0 Å². The summed E-state index contributed by atoms with van der Waals surface area (Å²) in [7, 11) is 0. The second-order valence-electron chi connectivity index (χ2n) is 6.41. The van der Waals surface area contributed by atoms with E-state index in [0.717, 1.165) is 5.52 Å². The monoisotopic (exact) mass is 378 g/mol. The van der Waals surface area contributed by atoms with E-state index in [2.05, 4.69) is 4.98 Å². The summed E-state index contributed by atoms with van der Waals surface area (Å²) in [6, 6.07) is 14.1. The molecule has 0 aliphatic carbocycles. The summed E-state index contributed by atoms with van der Waals surface area (Å²) in [6.45, 7) is 2.05. The van der Waals surface area contributed by atoms with E-state index in [-0.39, 0.29) is 16.5 Å². The molecule has 1 aliphatic heterocycles. The number of nitro benzene ring substituents is 1. The summed E-state index contributed by atoms with van der Waals surface area (Å²) in [6.07, 6.45) is 3.02. The Balaban J connectivity index is 1.39. The van der Waals surface area contributed by atoms with Crippen molar-refractivity contribution in [1.29, 1.82) is 0 Å². The number of para-hydroxylation sites is 4. The summed E-state index contributed by atoms with van der Waals surface area (Å²) >= 11 is 0. The van der Waals surface area contributed by atoms with E-state index in [1.54, 1.807) is 29.2 Å². The van der Waals surface area contributed by atoms with Crippen LogP contribution in [0.2, 0.25) is 0 Å². The van der Waals surface area contributed by atoms with Crippen molar-refractivity contribution in [1.82, 2.24) is 9.88 Å². The Bertz CT molecular complexity index is 1020. The number of anilines is 1. The van der Waals surface area contributed by atoms with Gasteiger partial charge in [-0.05, 0) is 18.2 Å². The Morgan fingerprint density at radius 3 is 2.54 bits per heavy atom. The van der Waals surface area contributed by atoms with E-state index in [4.69, 9.17) is 4.42 Å². The molecule has 28 heavy (non-hydrogen) atoms. The molecule has 0 unspecified atom stereocenters. The fourth-order valence-corrected chi connectivity index (χ4v) is 3.26. The zero-order valence-electron chi connectivity index (χ0n) is 15.0. The van der Waals surface area contributed by atoms with E-state index >= 15 is 0 Å². The van der Waals surface area contributed by atoms with Gasteiger partial charge in [0.1, 0.15) is 11.2 Å². The highest BCUT2D eigenvalue weighted by molar-refractivity contribution is 5.91. The number of rotatable bonds is 4. The van der Waals surface area contributed by atoms with Crippen LogP contribution < -0.4 is 4.90 Å². The Morgan fingerprint density at radius 1 is 1.07 bits per heavy atom. The second kappa shape index (κ2) is 7.51. The predicted octanol–water partition coefficient (Wildman–Crippen LogP) is 3.10. The highest BCUT2D eigenvalue weighted by atomic mass is 16.6. The van der Waals surface area contributed by atoms with Crippen LogP contribution in [0.1, 0.15) is 5.89 Å². The molecule has 1 fully saturated rings. The first-order valence-electron chi connectivity index (χ1n) is 8.93. The number of fused-ring (bicyclic) bond motifs is 1. The van der Waals surface area contributed by atoms with Crippen LogP contribution in [0.25, 0.3) is 17.2 Å². The van der Waals surface area contributed by atoms with Crippen LogP contribution in [0, 0.1) is 10.1 Å². The molecule has 3 aromatic rings. The van der Waals surface area contributed by atoms with Gasteiger partial charge >= 0.3 is 0 Å². The highest BCUT2D eigenvalue weighted by Gasteiger charge is 2.24. The second-order valence-corrected chi connectivity index (χ2v) is 6.41.